The number of rotatable bonds is 7. The van der Waals surface area contributed by atoms with E-state index in [9.17, 15) is 13.2 Å². The van der Waals surface area contributed by atoms with Crippen molar-refractivity contribution in [2.45, 2.75) is 72.6 Å². The maximum absolute atomic E-state index is 12.5. The van der Waals surface area contributed by atoms with E-state index in [1.54, 1.807) is 13.8 Å². The SMILES string of the molecule is CCC(C)(CC(F)(F)F)OC[C@@H](C)C(C)(C)CC. The van der Waals surface area contributed by atoms with Crippen molar-refractivity contribution in [3.05, 3.63) is 0 Å². The van der Waals surface area contributed by atoms with Gasteiger partial charge in [-0.15, -0.1) is 0 Å². The molecule has 0 saturated heterocycles. The fourth-order valence-electron chi connectivity index (χ4n) is 1.60. The van der Waals surface area contributed by atoms with Gasteiger partial charge < -0.3 is 4.74 Å². The summed E-state index contributed by atoms with van der Waals surface area (Å²) in [5.74, 6) is 0.238. The molecule has 0 aliphatic heterocycles. The molecule has 0 radical (unpaired) electrons. The molecule has 0 aromatic heterocycles. The molecule has 0 aliphatic carbocycles. The summed E-state index contributed by atoms with van der Waals surface area (Å²) >= 11 is 0. The van der Waals surface area contributed by atoms with Crippen LogP contribution in [0.5, 0.6) is 0 Å². The van der Waals surface area contributed by atoms with Crippen LogP contribution in [0.1, 0.15) is 60.8 Å². The van der Waals surface area contributed by atoms with Gasteiger partial charge in [0, 0.05) is 0 Å². The maximum atomic E-state index is 12.5. The summed E-state index contributed by atoms with van der Waals surface area (Å²) in [6.45, 7) is 12.0. The molecular formula is C14H27F3O. The molecule has 0 aromatic carbocycles. The highest BCUT2D eigenvalue weighted by Gasteiger charge is 2.39. The lowest BCUT2D eigenvalue weighted by Gasteiger charge is -2.35. The first-order chi connectivity index (χ1) is 7.96. The third-order valence-corrected chi connectivity index (χ3v) is 4.25. The van der Waals surface area contributed by atoms with Gasteiger partial charge in [0.25, 0.3) is 0 Å². The second-order valence-corrected chi connectivity index (χ2v) is 6.15. The molecule has 2 atom stereocenters. The molecule has 0 aromatic rings. The van der Waals surface area contributed by atoms with Crippen LogP contribution in [0.2, 0.25) is 0 Å². The Labute approximate surface area is 109 Å². The smallest absolute Gasteiger partial charge is 0.375 e. The van der Waals surface area contributed by atoms with Crippen LogP contribution in [0.15, 0.2) is 0 Å². The number of halogens is 3. The van der Waals surface area contributed by atoms with E-state index in [4.69, 9.17) is 4.74 Å². The summed E-state index contributed by atoms with van der Waals surface area (Å²) < 4.78 is 43.0. The summed E-state index contributed by atoms with van der Waals surface area (Å²) in [4.78, 5) is 0. The fourth-order valence-corrected chi connectivity index (χ4v) is 1.60. The lowest BCUT2D eigenvalue weighted by atomic mass is 9.78. The highest BCUT2D eigenvalue weighted by molar-refractivity contribution is 4.80. The third kappa shape index (κ3) is 6.07. The van der Waals surface area contributed by atoms with E-state index >= 15 is 0 Å². The normalized spacial score (nSPS) is 18.5. The summed E-state index contributed by atoms with van der Waals surface area (Å²) in [7, 11) is 0. The molecule has 0 spiro atoms. The van der Waals surface area contributed by atoms with Crippen molar-refractivity contribution in [1.29, 1.82) is 0 Å². The standard InChI is InChI=1S/C14H27F3O/c1-7-12(4,5)11(3)9-18-13(6,8-2)10-14(15,16)17/h11H,7-10H2,1-6H3/t11-,13?/m1/s1. The molecule has 0 N–H and O–H groups in total. The van der Waals surface area contributed by atoms with Crippen molar-refractivity contribution in [1.82, 2.24) is 0 Å². The summed E-state index contributed by atoms with van der Waals surface area (Å²) in [5, 5.41) is 0. The highest BCUT2D eigenvalue weighted by Crippen LogP contribution is 2.35. The van der Waals surface area contributed by atoms with Crippen molar-refractivity contribution in [2.75, 3.05) is 6.61 Å². The van der Waals surface area contributed by atoms with Crippen molar-refractivity contribution >= 4 is 0 Å². The highest BCUT2D eigenvalue weighted by atomic mass is 19.4. The van der Waals surface area contributed by atoms with Crippen LogP contribution >= 0.6 is 0 Å². The molecule has 0 aliphatic rings. The van der Waals surface area contributed by atoms with Gasteiger partial charge in [-0.3, -0.25) is 0 Å². The largest absolute Gasteiger partial charge is 0.391 e. The zero-order chi connectivity index (χ0) is 14.6. The van der Waals surface area contributed by atoms with Crippen molar-refractivity contribution < 1.29 is 17.9 Å². The average Bonchev–Trinajstić information content (AvgIpc) is 2.23. The van der Waals surface area contributed by atoms with Crippen LogP contribution in [0.25, 0.3) is 0 Å². The van der Waals surface area contributed by atoms with Gasteiger partial charge in [-0.05, 0) is 24.7 Å². The first-order valence-corrected chi connectivity index (χ1v) is 6.66. The minimum atomic E-state index is -4.17. The Morgan fingerprint density at radius 1 is 1.00 bits per heavy atom. The second kappa shape index (κ2) is 6.27. The molecule has 0 heterocycles. The van der Waals surface area contributed by atoms with E-state index < -0.39 is 18.2 Å². The Hall–Kier alpha value is -0.250. The molecule has 0 saturated carbocycles. The van der Waals surface area contributed by atoms with Gasteiger partial charge in [0.15, 0.2) is 0 Å². The van der Waals surface area contributed by atoms with Gasteiger partial charge in [-0.2, -0.15) is 13.2 Å². The second-order valence-electron chi connectivity index (χ2n) is 6.15. The first kappa shape index (κ1) is 17.8. The summed E-state index contributed by atoms with van der Waals surface area (Å²) in [6.07, 6.45) is -3.70. The predicted molar refractivity (Wildman–Crippen MR) is 68.6 cm³/mol. The van der Waals surface area contributed by atoms with Crippen LogP contribution in [-0.4, -0.2) is 18.4 Å². The van der Waals surface area contributed by atoms with Crippen LogP contribution < -0.4 is 0 Å². The molecule has 4 heteroatoms. The summed E-state index contributed by atoms with van der Waals surface area (Å²) in [5.41, 5.74) is -1.01. The first-order valence-electron chi connectivity index (χ1n) is 6.66. The number of alkyl halides is 3. The van der Waals surface area contributed by atoms with Crippen LogP contribution in [0, 0.1) is 11.3 Å². The van der Waals surface area contributed by atoms with E-state index in [1.807, 2.05) is 6.92 Å². The average molecular weight is 268 g/mol. The van der Waals surface area contributed by atoms with Gasteiger partial charge in [0.05, 0.1) is 18.6 Å². The Morgan fingerprint density at radius 3 is 1.83 bits per heavy atom. The van der Waals surface area contributed by atoms with Gasteiger partial charge in [0.1, 0.15) is 0 Å². The lowest BCUT2D eigenvalue weighted by molar-refractivity contribution is -0.190. The van der Waals surface area contributed by atoms with Gasteiger partial charge in [-0.1, -0.05) is 41.0 Å². The van der Waals surface area contributed by atoms with Gasteiger partial charge >= 0.3 is 6.18 Å². The van der Waals surface area contributed by atoms with Crippen molar-refractivity contribution in [2.24, 2.45) is 11.3 Å². The molecular weight excluding hydrogens is 241 g/mol. The molecule has 1 unspecified atom stereocenters. The van der Waals surface area contributed by atoms with E-state index in [2.05, 4.69) is 20.8 Å². The monoisotopic (exact) mass is 268 g/mol. The Kier molecular flexibility index (Phi) is 6.18. The van der Waals surface area contributed by atoms with Crippen molar-refractivity contribution in [3.8, 4) is 0 Å². The minimum Gasteiger partial charge on any atom is -0.375 e. The van der Waals surface area contributed by atoms with E-state index in [0.29, 0.717) is 13.0 Å². The lowest BCUT2D eigenvalue weighted by Crippen LogP contribution is -2.37. The maximum Gasteiger partial charge on any atom is 0.391 e. The predicted octanol–water partition coefficient (Wildman–Crippen LogP) is 5.20. The number of ether oxygens (including phenoxy) is 1. The molecule has 18 heavy (non-hydrogen) atoms. The molecule has 110 valence electrons. The molecule has 1 nitrogen and oxygen atoms in total. The third-order valence-electron chi connectivity index (χ3n) is 4.25. The quantitative estimate of drug-likeness (QED) is 0.617. The number of hydrogen-bond donors (Lipinski definition) is 0. The van der Waals surface area contributed by atoms with E-state index in [0.717, 1.165) is 6.42 Å². The zero-order valence-electron chi connectivity index (χ0n) is 12.4. The van der Waals surface area contributed by atoms with E-state index in [-0.39, 0.29) is 11.3 Å². The number of hydrogen-bond acceptors (Lipinski definition) is 1. The summed E-state index contributed by atoms with van der Waals surface area (Å²) in [6, 6.07) is 0. The molecule has 0 rings (SSSR count). The van der Waals surface area contributed by atoms with Crippen molar-refractivity contribution in [3.63, 3.8) is 0 Å². The molecule has 0 bridgehead atoms. The van der Waals surface area contributed by atoms with Gasteiger partial charge in [-0.25, -0.2) is 0 Å². The Morgan fingerprint density at radius 2 is 1.50 bits per heavy atom. The fraction of sp³-hybridized carbons (Fsp3) is 1.00. The van der Waals surface area contributed by atoms with Crippen LogP contribution in [-0.2, 0) is 4.74 Å². The minimum absolute atomic E-state index is 0.0902. The van der Waals surface area contributed by atoms with Crippen LogP contribution in [0.4, 0.5) is 13.2 Å². The molecule has 0 amide bonds. The zero-order valence-corrected chi connectivity index (χ0v) is 12.4. The Balaban J connectivity index is 4.48. The topological polar surface area (TPSA) is 9.23 Å². The van der Waals surface area contributed by atoms with Gasteiger partial charge in [0.2, 0.25) is 0 Å². The Bertz CT molecular complexity index is 248. The molecule has 0 fully saturated rings. The van der Waals surface area contributed by atoms with E-state index in [1.165, 1.54) is 0 Å². The van der Waals surface area contributed by atoms with Crippen LogP contribution in [0.3, 0.4) is 0 Å².